The van der Waals surface area contributed by atoms with Crippen molar-refractivity contribution in [1.29, 1.82) is 0 Å². The first-order valence-electron chi connectivity index (χ1n) is 10.2. The van der Waals surface area contributed by atoms with Crippen LogP contribution in [0.15, 0.2) is 77.7 Å². The van der Waals surface area contributed by atoms with Gasteiger partial charge in [0.1, 0.15) is 5.82 Å². The summed E-state index contributed by atoms with van der Waals surface area (Å²) in [6, 6.07) is 22.2. The lowest BCUT2D eigenvalue weighted by Gasteiger charge is -2.15. The molecule has 0 aliphatic heterocycles. The van der Waals surface area contributed by atoms with E-state index in [-0.39, 0.29) is 11.7 Å². The second kappa shape index (κ2) is 11.0. The highest BCUT2D eigenvalue weighted by atomic mass is 32.2. The zero-order valence-electron chi connectivity index (χ0n) is 17.3. The number of amides is 1. The molecule has 3 aromatic carbocycles. The lowest BCUT2D eigenvalue weighted by molar-refractivity contribution is 0.0952. The van der Waals surface area contributed by atoms with Gasteiger partial charge >= 0.3 is 0 Å². The second-order valence-corrected chi connectivity index (χ2v) is 8.49. The first-order valence-corrected chi connectivity index (χ1v) is 11.0. The van der Waals surface area contributed by atoms with Crippen LogP contribution >= 0.6 is 11.9 Å². The fourth-order valence-electron chi connectivity index (χ4n) is 3.15. The van der Waals surface area contributed by atoms with Gasteiger partial charge in [-0.1, -0.05) is 62.4 Å². The van der Waals surface area contributed by atoms with Crippen molar-refractivity contribution >= 4 is 17.9 Å². The molecule has 0 aliphatic carbocycles. The van der Waals surface area contributed by atoms with E-state index in [1.165, 1.54) is 24.1 Å². The van der Waals surface area contributed by atoms with E-state index in [1.807, 2.05) is 54.6 Å². The minimum absolute atomic E-state index is 0.0526. The van der Waals surface area contributed by atoms with Crippen LogP contribution < -0.4 is 10.0 Å². The van der Waals surface area contributed by atoms with E-state index in [1.54, 1.807) is 6.07 Å². The summed E-state index contributed by atoms with van der Waals surface area (Å²) in [5, 5.41) is 3.04. The molecule has 0 fully saturated rings. The zero-order valence-corrected chi connectivity index (χ0v) is 18.1. The van der Waals surface area contributed by atoms with Crippen molar-refractivity contribution in [2.75, 3.05) is 6.54 Å². The molecule has 0 atom stereocenters. The third-order valence-electron chi connectivity index (χ3n) is 4.74. The Kier molecular flexibility index (Phi) is 8.05. The number of rotatable bonds is 9. The van der Waals surface area contributed by atoms with Crippen LogP contribution in [0.1, 0.15) is 36.2 Å². The molecule has 3 aromatic rings. The Bertz CT molecular complexity index is 990. The van der Waals surface area contributed by atoms with E-state index in [4.69, 9.17) is 0 Å². The van der Waals surface area contributed by atoms with Crippen LogP contribution in [0, 0.1) is 11.7 Å². The van der Waals surface area contributed by atoms with Gasteiger partial charge in [-0.15, -0.1) is 0 Å². The largest absolute Gasteiger partial charge is 0.352 e. The van der Waals surface area contributed by atoms with Crippen LogP contribution in [0.3, 0.4) is 0 Å². The maximum Gasteiger partial charge on any atom is 0.251 e. The summed E-state index contributed by atoms with van der Waals surface area (Å²) in [5.41, 5.74) is 3.67. The van der Waals surface area contributed by atoms with Gasteiger partial charge in [0.2, 0.25) is 0 Å². The van der Waals surface area contributed by atoms with Crippen molar-refractivity contribution < 1.29 is 9.18 Å². The quantitative estimate of drug-likeness (QED) is 0.412. The topological polar surface area (TPSA) is 41.1 Å². The molecule has 5 heteroatoms. The van der Waals surface area contributed by atoms with Crippen molar-refractivity contribution in [3.63, 3.8) is 0 Å². The van der Waals surface area contributed by atoms with Crippen molar-refractivity contribution in [1.82, 2.24) is 10.0 Å². The van der Waals surface area contributed by atoms with Crippen molar-refractivity contribution in [3.05, 3.63) is 89.7 Å². The van der Waals surface area contributed by atoms with Crippen molar-refractivity contribution in [2.24, 2.45) is 5.92 Å². The maximum absolute atomic E-state index is 13.4. The standard InChI is InChI=1S/C25H27FN2OS/c1-18(2)14-15-27-25(29)24-13-6-5-12-23(24)22-11-4-3-8-19(22)17-28-30-21-10-7-9-20(26)16-21/h3-13,16,18,28H,14-15,17H2,1-2H3,(H,27,29). The maximum atomic E-state index is 13.4. The molecule has 0 unspecified atom stereocenters. The lowest BCUT2D eigenvalue weighted by atomic mass is 9.95. The van der Waals surface area contributed by atoms with Crippen LogP contribution in [-0.4, -0.2) is 12.5 Å². The Balaban J connectivity index is 1.76. The highest BCUT2D eigenvalue weighted by Crippen LogP contribution is 2.28. The summed E-state index contributed by atoms with van der Waals surface area (Å²) < 4.78 is 16.7. The predicted molar refractivity (Wildman–Crippen MR) is 123 cm³/mol. The molecule has 0 saturated carbocycles. The van der Waals surface area contributed by atoms with Gasteiger partial charge in [-0.25, -0.2) is 4.39 Å². The molecule has 3 nitrogen and oxygen atoms in total. The molecule has 0 saturated heterocycles. The van der Waals surface area contributed by atoms with E-state index in [2.05, 4.69) is 23.9 Å². The highest BCUT2D eigenvalue weighted by Gasteiger charge is 2.14. The number of nitrogens with one attached hydrogen (secondary N) is 2. The third kappa shape index (κ3) is 6.18. The highest BCUT2D eigenvalue weighted by molar-refractivity contribution is 7.97. The fraction of sp³-hybridized carbons (Fsp3) is 0.240. The predicted octanol–water partition coefficient (Wildman–Crippen LogP) is 6.07. The van der Waals surface area contributed by atoms with E-state index in [0.29, 0.717) is 24.6 Å². The third-order valence-corrected chi connectivity index (χ3v) is 5.51. The summed E-state index contributed by atoms with van der Waals surface area (Å²) in [7, 11) is 0. The minimum Gasteiger partial charge on any atom is -0.352 e. The molecule has 1 amide bonds. The average Bonchev–Trinajstić information content (AvgIpc) is 2.74. The van der Waals surface area contributed by atoms with Crippen LogP contribution in [0.4, 0.5) is 4.39 Å². The van der Waals surface area contributed by atoms with Gasteiger partial charge in [-0.3, -0.25) is 9.52 Å². The number of halogens is 1. The fourth-order valence-corrected chi connectivity index (χ4v) is 3.86. The van der Waals surface area contributed by atoms with Crippen LogP contribution in [-0.2, 0) is 6.54 Å². The molecule has 3 rings (SSSR count). The van der Waals surface area contributed by atoms with Crippen LogP contribution in [0.25, 0.3) is 11.1 Å². The minimum atomic E-state index is -0.250. The summed E-state index contributed by atoms with van der Waals surface area (Å²) in [6.07, 6.45) is 0.950. The molecule has 0 heterocycles. The summed E-state index contributed by atoms with van der Waals surface area (Å²) >= 11 is 1.39. The average molecular weight is 423 g/mol. The number of carbonyl (C=O) groups excluding carboxylic acids is 1. The summed E-state index contributed by atoms with van der Waals surface area (Å²) in [4.78, 5) is 13.6. The second-order valence-electron chi connectivity index (χ2n) is 7.52. The van der Waals surface area contributed by atoms with Gasteiger partial charge in [0.25, 0.3) is 5.91 Å². The number of carbonyl (C=O) groups is 1. The zero-order chi connectivity index (χ0) is 21.3. The Morgan fingerprint density at radius 3 is 2.47 bits per heavy atom. The van der Waals surface area contributed by atoms with Gasteiger partial charge in [0.15, 0.2) is 0 Å². The number of hydrogen-bond donors (Lipinski definition) is 2. The van der Waals surface area contributed by atoms with Crippen molar-refractivity contribution in [3.8, 4) is 11.1 Å². The van der Waals surface area contributed by atoms with Crippen molar-refractivity contribution in [2.45, 2.75) is 31.7 Å². The molecular weight excluding hydrogens is 395 g/mol. The normalized spacial score (nSPS) is 10.9. The molecular formula is C25H27FN2OS. The number of hydrogen-bond acceptors (Lipinski definition) is 3. The monoisotopic (exact) mass is 422 g/mol. The molecule has 0 bridgehead atoms. The van der Waals surface area contributed by atoms with Gasteiger partial charge in [0.05, 0.1) is 0 Å². The van der Waals surface area contributed by atoms with Gasteiger partial charge in [-0.05, 0) is 65.2 Å². The molecule has 0 spiro atoms. The summed E-state index contributed by atoms with van der Waals surface area (Å²) in [6.45, 7) is 5.54. The number of benzene rings is 3. The van der Waals surface area contributed by atoms with E-state index in [9.17, 15) is 9.18 Å². The van der Waals surface area contributed by atoms with E-state index < -0.39 is 0 Å². The van der Waals surface area contributed by atoms with Gasteiger partial charge in [0, 0.05) is 23.5 Å². The Morgan fingerprint density at radius 1 is 0.967 bits per heavy atom. The molecule has 30 heavy (non-hydrogen) atoms. The van der Waals surface area contributed by atoms with Gasteiger partial charge < -0.3 is 5.32 Å². The Labute approximate surface area is 182 Å². The molecule has 0 aliphatic rings. The van der Waals surface area contributed by atoms with Gasteiger partial charge in [-0.2, -0.15) is 0 Å². The lowest BCUT2D eigenvalue weighted by Crippen LogP contribution is -2.25. The molecule has 2 N–H and O–H groups in total. The van der Waals surface area contributed by atoms with E-state index in [0.717, 1.165) is 28.0 Å². The Hall–Kier alpha value is -2.63. The molecule has 0 aromatic heterocycles. The molecule has 0 radical (unpaired) electrons. The molecule has 156 valence electrons. The summed E-state index contributed by atoms with van der Waals surface area (Å²) in [5.74, 6) is 0.241. The Morgan fingerprint density at radius 2 is 1.70 bits per heavy atom. The van der Waals surface area contributed by atoms with Crippen LogP contribution in [0.2, 0.25) is 0 Å². The first kappa shape index (κ1) is 22.1. The first-order chi connectivity index (χ1) is 14.5. The smallest absolute Gasteiger partial charge is 0.251 e. The van der Waals surface area contributed by atoms with Crippen LogP contribution in [0.5, 0.6) is 0 Å². The SMILES string of the molecule is CC(C)CCNC(=O)c1ccccc1-c1ccccc1CNSc1cccc(F)c1. The van der Waals surface area contributed by atoms with E-state index >= 15 is 0 Å².